The summed E-state index contributed by atoms with van der Waals surface area (Å²) in [6.07, 6.45) is 0.653. The number of benzene rings is 3. The molecule has 3 aromatic carbocycles. The quantitative estimate of drug-likeness (QED) is 0.216. The lowest BCUT2D eigenvalue weighted by Crippen LogP contribution is -2.19. The number of fused-ring (bicyclic) bond motifs is 1. The van der Waals surface area contributed by atoms with Crippen LogP contribution >= 0.6 is 34.2 Å². The van der Waals surface area contributed by atoms with Gasteiger partial charge in [-0.15, -0.1) is 0 Å². The molecule has 4 aromatic rings. The van der Waals surface area contributed by atoms with Gasteiger partial charge in [-0.2, -0.15) is 5.10 Å². The van der Waals surface area contributed by atoms with E-state index in [1.807, 2.05) is 18.0 Å². The average Bonchev–Trinajstić information content (AvgIpc) is 3.24. The molecule has 0 radical (unpaired) electrons. The van der Waals surface area contributed by atoms with Crippen LogP contribution in [0.1, 0.15) is 39.5 Å². The van der Waals surface area contributed by atoms with Gasteiger partial charge in [0.05, 0.1) is 28.5 Å². The highest BCUT2D eigenvalue weighted by Crippen LogP contribution is 2.40. The van der Waals surface area contributed by atoms with Gasteiger partial charge in [-0.3, -0.25) is 5.01 Å². The number of nitrogens with zero attached hydrogens (tertiary/aromatic N) is 3. The summed E-state index contributed by atoms with van der Waals surface area (Å²) in [4.78, 5) is 16.0. The Morgan fingerprint density at radius 3 is 2.48 bits per heavy atom. The molecule has 0 saturated heterocycles. The third-order valence-corrected chi connectivity index (χ3v) is 6.80. The van der Waals surface area contributed by atoms with E-state index in [0.717, 1.165) is 42.6 Å². The zero-order valence-electron chi connectivity index (χ0n) is 17.7. The summed E-state index contributed by atoms with van der Waals surface area (Å²) in [6.45, 7) is 2.03. The predicted molar refractivity (Wildman–Crippen MR) is 140 cm³/mol. The molecule has 0 amide bonds. The van der Waals surface area contributed by atoms with Crippen molar-refractivity contribution in [1.82, 2.24) is 4.98 Å². The topological polar surface area (TPSA) is 65.8 Å². The maximum Gasteiger partial charge on any atom is 0.335 e. The number of aryl methyl sites for hydroxylation is 1. The van der Waals surface area contributed by atoms with Gasteiger partial charge in [0.1, 0.15) is 5.15 Å². The van der Waals surface area contributed by atoms with E-state index < -0.39 is 5.97 Å². The van der Waals surface area contributed by atoms with Crippen LogP contribution in [0, 0.1) is 10.5 Å². The van der Waals surface area contributed by atoms with Crippen LogP contribution in [0.15, 0.2) is 77.9 Å². The second-order valence-corrected chi connectivity index (χ2v) is 9.64. The molecule has 1 atom stereocenters. The zero-order valence-corrected chi connectivity index (χ0v) is 20.6. The molecule has 0 bridgehead atoms. The van der Waals surface area contributed by atoms with Gasteiger partial charge >= 0.3 is 5.97 Å². The van der Waals surface area contributed by atoms with Crippen LogP contribution in [0.4, 0.5) is 5.69 Å². The maximum atomic E-state index is 11.3. The number of pyridine rings is 1. The van der Waals surface area contributed by atoms with E-state index in [-0.39, 0.29) is 11.6 Å². The summed E-state index contributed by atoms with van der Waals surface area (Å²) >= 11 is 8.99. The SMILES string of the molecule is Cc1ccc2cc(C3CC(c4ccc(I)cc4)=NN3c3ccc(C(=O)O)cc3)c(Cl)nc2c1. The molecule has 0 aliphatic carbocycles. The molecule has 7 heteroatoms. The Bertz CT molecular complexity index is 1400. The highest BCUT2D eigenvalue weighted by atomic mass is 127. The molecule has 5 rings (SSSR count). The number of carboxylic acids is 1. The summed E-state index contributed by atoms with van der Waals surface area (Å²) in [7, 11) is 0. The largest absolute Gasteiger partial charge is 0.478 e. The fourth-order valence-electron chi connectivity index (χ4n) is 4.07. The van der Waals surface area contributed by atoms with Crippen LogP contribution in [0.3, 0.4) is 0 Å². The Morgan fingerprint density at radius 1 is 1.06 bits per heavy atom. The van der Waals surface area contributed by atoms with Crippen molar-refractivity contribution >= 4 is 62.5 Å². The fraction of sp³-hybridized carbons (Fsp3) is 0.115. The Balaban J connectivity index is 1.60. The van der Waals surface area contributed by atoms with Crippen LogP contribution in [0.2, 0.25) is 5.15 Å². The molecule has 33 heavy (non-hydrogen) atoms. The van der Waals surface area contributed by atoms with Crippen LogP contribution in [0.5, 0.6) is 0 Å². The summed E-state index contributed by atoms with van der Waals surface area (Å²) in [5, 5.41) is 17.6. The smallest absolute Gasteiger partial charge is 0.335 e. The second-order valence-electron chi connectivity index (χ2n) is 8.03. The molecule has 5 nitrogen and oxygen atoms in total. The lowest BCUT2D eigenvalue weighted by atomic mass is 9.98. The Labute approximate surface area is 209 Å². The molecule has 1 aliphatic rings. The molecule has 164 valence electrons. The van der Waals surface area contributed by atoms with Crippen molar-refractivity contribution in [3.63, 3.8) is 0 Å². The number of hydrogen-bond donors (Lipinski definition) is 1. The van der Waals surface area contributed by atoms with Crippen molar-refractivity contribution in [2.75, 3.05) is 5.01 Å². The van der Waals surface area contributed by atoms with Crippen molar-refractivity contribution < 1.29 is 9.90 Å². The number of hydrazone groups is 1. The van der Waals surface area contributed by atoms with E-state index in [1.165, 1.54) is 0 Å². The first-order valence-electron chi connectivity index (χ1n) is 10.4. The molecule has 0 fully saturated rings. The van der Waals surface area contributed by atoms with E-state index >= 15 is 0 Å². The second kappa shape index (κ2) is 8.76. The van der Waals surface area contributed by atoms with E-state index in [9.17, 15) is 9.90 Å². The van der Waals surface area contributed by atoms with Gasteiger partial charge < -0.3 is 5.11 Å². The van der Waals surface area contributed by atoms with Crippen LogP contribution in [-0.4, -0.2) is 21.8 Å². The number of carboxylic acid groups (broad SMARTS) is 1. The number of aromatic nitrogens is 1. The van der Waals surface area contributed by atoms with Crippen LogP contribution < -0.4 is 5.01 Å². The van der Waals surface area contributed by atoms with Crippen molar-refractivity contribution in [2.24, 2.45) is 5.10 Å². The molecule has 0 saturated carbocycles. The van der Waals surface area contributed by atoms with Crippen LogP contribution in [0.25, 0.3) is 10.9 Å². The molecule has 1 aromatic heterocycles. The van der Waals surface area contributed by atoms with Crippen molar-refractivity contribution in [1.29, 1.82) is 0 Å². The zero-order chi connectivity index (χ0) is 23.1. The number of aromatic carboxylic acids is 1. The van der Waals surface area contributed by atoms with E-state index in [4.69, 9.17) is 16.7 Å². The number of carbonyl (C=O) groups is 1. The minimum atomic E-state index is -0.959. The summed E-state index contributed by atoms with van der Waals surface area (Å²) in [6, 6.07) is 23.1. The third-order valence-electron chi connectivity index (χ3n) is 5.78. The van der Waals surface area contributed by atoms with Gasteiger partial charge in [0.25, 0.3) is 0 Å². The maximum absolute atomic E-state index is 11.3. The number of hydrogen-bond acceptors (Lipinski definition) is 4. The first-order valence-corrected chi connectivity index (χ1v) is 11.9. The Morgan fingerprint density at radius 2 is 1.79 bits per heavy atom. The van der Waals surface area contributed by atoms with Crippen molar-refractivity contribution in [3.8, 4) is 0 Å². The van der Waals surface area contributed by atoms with Gasteiger partial charge in [0.2, 0.25) is 0 Å². The molecular weight excluding hydrogens is 549 g/mol. The van der Waals surface area contributed by atoms with E-state index in [0.29, 0.717) is 11.6 Å². The fourth-order valence-corrected chi connectivity index (χ4v) is 4.70. The first-order chi connectivity index (χ1) is 15.9. The summed E-state index contributed by atoms with van der Waals surface area (Å²) < 4.78 is 1.16. The first kappa shape index (κ1) is 21.9. The normalized spacial score (nSPS) is 15.7. The van der Waals surface area contributed by atoms with Crippen molar-refractivity contribution in [2.45, 2.75) is 19.4 Å². The molecule has 2 heterocycles. The predicted octanol–water partition coefficient (Wildman–Crippen LogP) is 6.86. The monoisotopic (exact) mass is 567 g/mol. The van der Waals surface area contributed by atoms with Gasteiger partial charge in [0, 0.05) is 20.9 Å². The molecule has 1 unspecified atom stereocenters. The van der Waals surface area contributed by atoms with Gasteiger partial charge in [0.15, 0.2) is 0 Å². The lowest BCUT2D eigenvalue weighted by Gasteiger charge is -2.25. The van der Waals surface area contributed by atoms with E-state index in [2.05, 4.69) is 70.0 Å². The number of halogens is 2. The lowest BCUT2D eigenvalue weighted by molar-refractivity contribution is 0.0697. The van der Waals surface area contributed by atoms with Gasteiger partial charge in [-0.05, 0) is 89.2 Å². The Hall–Kier alpha value is -2.97. The summed E-state index contributed by atoms with van der Waals surface area (Å²) in [5.74, 6) is -0.959. The average molecular weight is 568 g/mol. The standard InChI is InChI=1S/C26H19ClIN3O2/c1-15-2-3-18-13-21(25(27)29-22(18)12-15)24-14-23(16-4-8-19(28)9-5-16)30-31(24)20-10-6-17(7-11-20)26(32)33/h2-13,24H,14H2,1H3,(H,32,33). The molecular formula is C26H19ClIN3O2. The van der Waals surface area contributed by atoms with Gasteiger partial charge in [-0.25, -0.2) is 9.78 Å². The molecule has 1 aliphatic heterocycles. The number of anilines is 1. The minimum absolute atomic E-state index is 0.166. The number of rotatable bonds is 4. The minimum Gasteiger partial charge on any atom is -0.478 e. The van der Waals surface area contributed by atoms with Gasteiger partial charge in [-0.1, -0.05) is 35.9 Å². The molecule has 1 N–H and O–H groups in total. The third kappa shape index (κ3) is 4.32. The van der Waals surface area contributed by atoms with Crippen molar-refractivity contribution in [3.05, 3.63) is 104 Å². The van der Waals surface area contributed by atoms with E-state index in [1.54, 1.807) is 24.3 Å². The van der Waals surface area contributed by atoms with Crippen LogP contribution in [-0.2, 0) is 0 Å². The highest BCUT2D eigenvalue weighted by molar-refractivity contribution is 14.1. The summed E-state index contributed by atoms with van der Waals surface area (Å²) in [5.41, 5.74) is 5.90. The highest BCUT2D eigenvalue weighted by Gasteiger charge is 2.32. The molecule has 0 spiro atoms. The Kier molecular flexibility index (Phi) is 5.80.